The lowest BCUT2D eigenvalue weighted by atomic mass is 9.92. The topological polar surface area (TPSA) is 70.1 Å². The number of ether oxygens (including phenoxy) is 1. The van der Waals surface area contributed by atoms with Crippen LogP contribution in [0.1, 0.15) is 62.2 Å². The Labute approximate surface area is 209 Å². The second kappa shape index (κ2) is 10.3. The number of nitrogens with zero attached hydrogens (tertiary/aromatic N) is 4. The maximum Gasteiger partial charge on any atom is 0.432 e. The Balaban J connectivity index is 2.13. The Bertz CT molecular complexity index is 1240. The molecule has 0 N–H and O–H groups in total. The molecule has 13 heteroatoms. The fourth-order valence-electron chi connectivity index (χ4n) is 3.85. The zero-order valence-corrected chi connectivity index (χ0v) is 21.0. The van der Waals surface area contributed by atoms with Crippen LogP contribution in [0.2, 0.25) is 0 Å². The molecule has 1 atom stereocenters. The van der Waals surface area contributed by atoms with Crippen molar-refractivity contribution < 1.29 is 40.7 Å². The highest BCUT2D eigenvalue weighted by molar-refractivity contribution is 5.98. The lowest BCUT2D eigenvalue weighted by Crippen LogP contribution is -2.30. The van der Waals surface area contributed by atoms with Crippen LogP contribution in [-0.4, -0.2) is 39.9 Å². The van der Waals surface area contributed by atoms with E-state index in [4.69, 9.17) is 9.57 Å². The number of oxime groups is 1. The summed E-state index contributed by atoms with van der Waals surface area (Å²) in [5.41, 5.74) is -2.66. The molecule has 0 unspecified atom stereocenters. The van der Waals surface area contributed by atoms with Gasteiger partial charge in [-0.15, -0.1) is 0 Å². The molecular weight excluding hydrogens is 506 g/mol. The first-order valence-corrected chi connectivity index (χ1v) is 11.5. The van der Waals surface area contributed by atoms with Crippen molar-refractivity contribution in [3.05, 3.63) is 46.6 Å². The normalized spacial score (nSPS) is 18.0. The highest BCUT2D eigenvalue weighted by Crippen LogP contribution is 2.33. The van der Waals surface area contributed by atoms with Crippen LogP contribution in [0.5, 0.6) is 5.75 Å². The molecule has 1 aromatic carbocycles. The summed E-state index contributed by atoms with van der Waals surface area (Å²) in [7, 11) is 1.77. The minimum Gasteiger partial charge on any atom is -0.376 e. The highest BCUT2D eigenvalue weighted by atomic mass is 19.4. The molecule has 0 saturated carbocycles. The van der Waals surface area contributed by atoms with E-state index < -0.39 is 40.8 Å². The summed E-state index contributed by atoms with van der Waals surface area (Å²) in [4.78, 5) is 22.0. The lowest BCUT2D eigenvalue weighted by Gasteiger charge is -2.21. The standard InChI is InChI=1S/C24H28F6N4O3/c1-14(23(25,26)27)32-37-18-9-8-15(24(28,29)30)11-17(18)21(35)31-20-12-19(22(2,3)4)33(5)34(20)13-16-7-6-10-36-16/h8-9,11-12,16H,6-7,10,13H2,1-5H3/t16-/m1/s1. The summed E-state index contributed by atoms with van der Waals surface area (Å²) < 4.78 is 87.7. The summed E-state index contributed by atoms with van der Waals surface area (Å²) >= 11 is 0. The number of aromatic nitrogens is 2. The third-order valence-electron chi connectivity index (χ3n) is 5.85. The highest BCUT2D eigenvalue weighted by Gasteiger charge is 2.34. The van der Waals surface area contributed by atoms with Crippen molar-refractivity contribution in [2.24, 2.45) is 17.2 Å². The van der Waals surface area contributed by atoms with Crippen LogP contribution in [0.3, 0.4) is 0 Å². The average Bonchev–Trinajstić information content (AvgIpc) is 3.39. The number of carbonyl (C=O) groups is 1. The van der Waals surface area contributed by atoms with Crippen LogP contribution in [0.25, 0.3) is 0 Å². The second-order valence-corrected chi connectivity index (χ2v) is 9.77. The molecule has 204 valence electrons. The molecule has 0 bridgehead atoms. The van der Waals surface area contributed by atoms with Gasteiger partial charge in [-0.3, -0.25) is 14.2 Å². The van der Waals surface area contributed by atoms with Crippen LogP contribution in [0.15, 0.2) is 34.4 Å². The predicted molar refractivity (Wildman–Crippen MR) is 122 cm³/mol. The van der Waals surface area contributed by atoms with E-state index in [2.05, 4.69) is 10.1 Å². The van der Waals surface area contributed by atoms with Gasteiger partial charge < -0.3 is 9.57 Å². The number of halogens is 6. The van der Waals surface area contributed by atoms with Crippen LogP contribution in [-0.2, 0) is 29.9 Å². The van der Waals surface area contributed by atoms with Gasteiger partial charge in [-0.1, -0.05) is 25.9 Å². The molecule has 0 aliphatic carbocycles. The number of hydrogen-bond donors (Lipinski definition) is 0. The van der Waals surface area contributed by atoms with Gasteiger partial charge in [0.15, 0.2) is 16.9 Å². The smallest absolute Gasteiger partial charge is 0.376 e. The van der Waals surface area contributed by atoms with E-state index in [9.17, 15) is 31.1 Å². The molecular formula is C24H28F6N4O3. The van der Waals surface area contributed by atoms with Crippen LogP contribution in [0.4, 0.5) is 26.3 Å². The Hall–Kier alpha value is -3.09. The molecule has 2 heterocycles. The molecule has 0 spiro atoms. The average molecular weight is 535 g/mol. The number of carbonyl (C=O) groups excluding carboxylic acids is 1. The molecule has 1 aliphatic heterocycles. The minimum atomic E-state index is -4.82. The molecule has 37 heavy (non-hydrogen) atoms. The van der Waals surface area contributed by atoms with Crippen molar-refractivity contribution in [2.45, 2.75) is 71.0 Å². The number of amides is 1. The molecule has 1 fully saturated rings. The lowest BCUT2D eigenvalue weighted by molar-refractivity contribution is -0.137. The summed E-state index contributed by atoms with van der Waals surface area (Å²) in [6.45, 7) is 7.41. The van der Waals surface area contributed by atoms with E-state index in [1.54, 1.807) is 22.5 Å². The third kappa shape index (κ3) is 6.82. The Morgan fingerprint density at radius 1 is 1.14 bits per heavy atom. The van der Waals surface area contributed by atoms with E-state index in [-0.39, 0.29) is 17.0 Å². The zero-order chi connectivity index (χ0) is 27.8. The number of rotatable bonds is 5. The van der Waals surface area contributed by atoms with E-state index in [1.165, 1.54) is 0 Å². The molecule has 0 radical (unpaired) electrons. The summed E-state index contributed by atoms with van der Waals surface area (Å²) in [6, 6.07) is 3.46. The van der Waals surface area contributed by atoms with Crippen molar-refractivity contribution in [1.29, 1.82) is 0 Å². The first kappa shape index (κ1) is 28.5. The van der Waals surface area contributed by atoms with Gasteiger partial charge in [-0.05, 0) is 38.0 Å². The second-order valence-electron chi connectivity index (χ2n) is 9.77. The molecule has 1 aromatic heterocycles. The van der Waals surface area contributed by atoms with Crippen LogP contribution >= 0.6 is 0 Å². The monoisotopic (exact) mass is 534 g/mol. The van der Waals surface area contributed by atoms with Gasteiger partial charge >= 0.3 is 12.4 Å². The quantitative estimate of drug-likeness (QED) is 0.294. The number of hydrogen-bond acceptors (Lipinski definition) is 4. The van der Waals surface area contributed by atoms with Crippen molar-refractivity contribution in [3.8, 4) is 5.75 Å². The van der Waals surface area contributed by atoms with Crippen molar-refractivity contribution in [1.82, 2.24) is 9.36 Å². The van der Waals surface area contributed by atoms with Gasteiger partial charge in [0.05, 0.1) is 23.8 Å². The third-order valence-corrected chi connectivity index (χ3v) is 5.85. The van der Waals surface area contributed by atoms with Gasteiger partial charge in [-0.2, -0.15) is 31.3 Å². The van der Waals surface area contributed by atoms with Gasteiger partial charge in [0.25, 0.3) is 5.91 Å². The fraction of sp³-hybridized carbons (Fsp3) is 0.542. The number of alkyl halides is 6. The van der Waals surface area contributed by atoms with Gasteiger partial charge in [0, 0.05) is 30.8 Å². The Morgan fingerprint density at radius 3 is 2.35 bits per heavy atom. The van der Waals surface area contributed by atoms with E-state index in [1.807, 2.05) is 20.8 Å². The van der Waals surface area contributed by atoms with Gasteiger partial charge in [-0.25, -0.2) is 0 Å². The first-order chi connectivity index (χ1) is 17.0. The summed E-state index contributed by atoms with van der Waals surface area (Å²) in [5, 5.41) is 2.93. The maximum atomic E-state index is 13.4. The summed E-state index contributed by atoms with van der Waals surface area (Å²) in [5.74, 6) is -1.73. The molecule has 3 rings (SSSR count). The van der Waals surface area contributed by atoms with E-state index in [0.29, 0.717) is 32.2 Å². The van der Waals surface area contributed by atoms with Crippen molar-refractivity contribution in [2.75, 3.05) is 6.61 Å². The largest absolute Gasteiger partial charge is 0.432 e. The van der Waals surface area contributed by atoms with Crippen molar-refractivity contribution in [3.63, 3.8) is 0 Å². The van der Waals surface area contributed by atoms with Crippen molar-refractivity contribution >= 4 is 11.6 Å². The fourth-order valence-corrected chi connectivity index (χ4v) is 3.85. The predicted octanol–water partition coefficient (Wildman–Crippen LogP) is 5.38. The molecule has 7 nitrogen and oxygen atoms in total. The maximum absolute atomic E-state index is 13.4. The van der Waals surface area contributed by atoms with E-state index in [0.717, 1.165) is 24.6 Å². The molecule has 1 aliphatic rings. The zero-order valence-electron chi connectivity index (χ0n) is 21.0. The minimum absolute atomic E-state index is 0.136. The SMILES string of the molecule is CC(=NOc1ccc(C(F)(F)F)cc1C(=O)N=c1cc(C(C)(C)C)n(C)n1C[C@H]1CCCO1)C(F)(F)F. The van der Waals surface area contributed by atoms with Gasteiger partial charge in [0.1, 0.15) is 0 Å². The van der Waals surface area contributed by atoms with Gasteiger partial charge in [0.2, 0.25) is 0 Å². The number of benzene rings is 1. The molecule has 2 aromatic rings. The summed E-state index contributed by atoms with van der Waals surface area (Å²) in [6.07, 6.45) is -8.11. The first-order valence-electron chi connectivity index (χ1n) is 11.5. The van der Waals surface area contributed by atoms with E-state index >= 15 is 0 Å². The van der Waals surface area contributed by atoms with Crippen LogP contribution in [0, 0.1) is 0 Å². The molecule has 1 saturated heterocycles. The Kier molecular flexibility index (Phi) is 7.96. The Morgan fingerprint density at radius 2 is 1.81 bits per heavy atom. The molecule has 1 amide bonds. The van der Waals surface area contributed by atoms with Crippen LogP contribution < -0.4 is 10.3 Å².